The molecule has 0 saturated heterocycles. The van der Waals surface area contributed by atoms with E-state index in [0.29, 0.717) is 10.3 Å². The molecule has 55 valence electrons. The Morgan fingerprint density at radius 3 is 2.60 bits per heavy atom. The highest BCUT2D eigenvalue weighted by molar-refractivity contribution is 7.82. The van der Waals surface area contributed by atoms with Crippen LogP contribution in [0.1, 0.15) is 18.9 Å². The Morgan fingerprint density at radius 2 is 2.20 bits per heavy atom. The van der Waals surface area contributed by atoms with Gasteiger partial charge in [-0.25, -0.2) is 0 Å². The van der Waals surface area contributed by atoms with Gasteiger partial charge in [-0.15, -0.1) is 10.2 Å². The summed E-state index contributed by atoms with van der Waals surface area (Å²) < 4.78 is 0.649. The van der Waals surface area contributed by atoms with Crippen molar-refractivity contribution < 1.29 is 0 Å². The van der Waals surface area contributed by atoms with Gasteiger partial charge in [0, 0.05) is 6.42 Å². The van der Waals surface area contributed by atoms with Crippen LogP contribution in [-0.4, -0.2) is 10.2 Å². The molecule has 1 rings (SSSR count). The van der Waals surface area contributed by atoms with Crippen molar-refractivity contribution in [2.45, 2.75) is 24.6 Å². The molecule has 0 aliphatic carbocycles. The molecule has 1 radical (unpaired) electrons. The van der Waals surface area contributed by atoms with E-state index in [1.807, 2.05) is 0 Å². The zero-order valence-electron chi connectivity index (χ0n) is 6.00. The predicted octanol–water partition coefficient (Wildman–Crippen LogP) is 2.29. The Balaban J connectivity index is 2.58. The molecule has 1 aromatic rings. The van der Waals surface area contributed by atoms with Crippen LogP contribution in [0.5, 0.6) is 0 Å². The highest BCUT2D eigenvalue weighted by Crippen LogP contribution is 2.15. The number of hydrogen-bond donors (Lipinski definition) is 0. The maximum absolute atomic E-state index is 4.83. The van der Waals surface area contributed by atoms with Gasteiger partial charge in [-0.1, -0.05) is 25.2 Å². The van der Waals surface area contributed by atoms with Crippen LogP contribution in [0.25, 0.3) is 0 Å². The van der Waals surface area contributed by atoms with Crippen LogP contribution in [0, 0.1) is 5.92 Å². The molecule has 10 heavy (non-hydrogen) atoms. The molecule has 0 bridgehead atoms. The van der Waals surface area contributed by atoms with Crippen LogP contribution in [0.15, 0.2) is 4.34 Å². The van der Waals surface area contributed by atoms with Gasteiger partial charge in [0.15, 0.2) is 0 Å². The van der Waals surface area contributed by atoms with Gasteiger partial charge in [-0.05, 0) is 18.5 Å². The third-order valence-corrected chi connectivity index (χ3v) is 2.10. The van der Waals surface area contributed by atoms with Crippen LogP contribution in [0.2, 0.25) is 0 Å². The van der Waals surface area contributed by atoms with Gasteiger partial charge in [0.05, 0.1) is 0 Å². The average Bonchev–Trinajstić information content (AvgIpc) is 2.13. The minimum absolute atomic E-state index is 0.641. The quantitative estimate of drug-likeness (QED) is 0.685. The molecule has 0 N–H and O–H groups in total. The number of rotatable bonds is 2. The van der Waals surface area contributed by atoms with Crippen molar-refractivity contribution in [3.8, 4) is 0 Å². The summed E-state index contributed by atoms with van der Waals surface area (Å²) in [6, 6.07) is 0. The molecule has 4 heteroatoms. The second-order valence-corrected chi connectivity index (χ2v) is 4.27. The molecule has 1 heterocycles. The summed E-state index contributed by atoms with van der Waals surface area (Å²) in [7, 11) is 0. The summed E-state index contributed by atoms with van der Waals surface area (Å²) in [5, 5.41) is 8.73. The van der Waals surface area contributed by atoms with Gasteiger partial charge in [-0.2, -0.15) is 0 Å². The zero-order valence-corrected chi connectivity index (χ0v) is 7.63. The van der Waals surface area contributed by atoms with E-state index in [0.717, 1.165) is 11.4 Å². The first-order valence-electron chi connectivity index (χ1n) is 3.18. The molecule has 0 unspecified atom stereocenters. The maximum Gasteiger partial charge on any atom is 0.204 e. The molecule has 0 amide bonds. The molecule has 0 aromatic carbocycles. The van der Waals surface area contributed by atoms with Gasteiger partial charge >= 0.3 is 0 Å². The Labute approximate surface area is 70.1 Å². The van der Waals surface area contributed by atoms with Crippen LogP contribution in [0.3, 0.4) is 0 Å². The highest BCUT2D eigenvalue weighted by Gasteiger charge is 2.02. The zero-order chi connectivity index (χ0) is 7.56. The van der Waals surface area contributed by atoms with Crippen molar-refractivity contribution in [1.29, 1.82) is 0 Å². The van der Waals surface area contributed by atoms with Crippen molar-refractivity contribution >= 4 is 24.0 Å². The van der Waals surface area contributed by atoms with E-state index in [-0.39, 0.29) is 0 Å². The molecule has 0 spiro atoms. The normalized spacial score (nSPS) is 10.7. The van der Waals surface area contributed by atoms with Crippen molar-refractivity contribution in [1.82, 2.24) is 10.2 Å². The molecule has 1 aromatic heterocycles. The first kappa shape index (κ1) is 7.88. The maximum atomic E-state index is 4.83. The van der Waals surface area contributed by atoms with Crippen LogP contribution < -0.4 is 0 Å². The first-order chi connectivity index (χ1) is 4.68. The van der Waals surface area contributed by atoms with Gasteiger partial charge in [-0.3, -0.25) is 0 Å². The third-order valence-electron chi connectivity index (χ3n) is 1.03. The van der Waals surface area contributed by atoms with Gasteiger partial charge in [0.2, 0.25) is 4.34 Å². The standard InChI is InChI=1S/C6H9N2S2/c1-4(2)3-5-7-8-6(9)10-5/h4H,3H2,1-2H3. The van der Waals surface area contributed by atoms with Gasteiger partial charge in [0.1, 0.15) is 5.01 Å². The lowest BCUT2D eigenvalue weighted by molar-refractivity contribution is 0.639. The Kier molecular flexibility index (Phi) is 2.56. The summed E-state index contributed by atoms with van der Waals surface area (Å²) in [4.78, 5) is 0. The molecule has 0 aliphatic rings. The van der Waals surface area contributed by atoms with Gasteiger partial charge < -0.3 is 0 Å². The SMILES string of the molecule is CC(C)Cc1nnc([S])s1. The van der Waals surface area contributed by atoms with Crippen LogP contribution in [0.4, 0.5) is 0 Å². The molecule has 2 nitrogen and oxygen atoms in total. The Hall–Kier alpha value is -0.220. The monoisotopic (exact) mass is 173 g/mol. The topological polar surface area (TPSA) is 25.8 Å². The minimum atomic E-state index is 0.641. The molecule has 0 fully saturated rings. The van der Waals surface area contributed by atoms with E-state index < -0.39 is 0 Å². The highest BCUT2D eigenvalue weighted by atomic mass is 32.2. The second-order valence-electron chi connectivity index (χ2n) is 2.56. The number of nitrogens with zero attached hydrogens (tertiary/aromatic N) is 2. The molecule has 0 aliphatic heterocycles. The lowest BCUT2D eigenvalue weighted by atomic mass is 10.1. The molecular weight excluding hydrogens is 164 g/mol. The second kappa shape index (κ2) is 3.25. The summed E-state index contributed by atoms with van der Waals surface area (Å²) >= 11 is 6.34. The van der Waals surface area contributed by atoms with Crippen molar-refractivity contribution in [2.24, 2.45) is 5.92 Å². The molecular formula is C6H9N2S2. The lowest BCUT2D eigenvalue weighted by Gasteiger charge is -1.96. The molecule has 0 saturated carbocycles. The van der Waals surface area contributed by atoms with E-state index in [9.17, 15) is 0 Å². The smallest absolute Gasteiger partial charge is 0.142 e. The number of hydrogen-bond acceptors (Lipinski definition) is 3. The van der Waals surface area contributed by atoms with E-state index in [1.165, 1.54) is 11.3 Å². The van der Waals surface area contributed by atoms with E-state index in [4.69, 9.17) is 12.6 Å². The van der Waals surface area contributed by atoms with Crippen molar-refractivity contribution in [2.75, 3.05) is 0 Å². The van der Waals surface area contributed by atoms with Gasteiger partial charge in [0.25, 0.3) is 0 Å². The predicted molar refractivity (Wildman–Crippen MR) is 44.3 cm³/mol. The Morgan fingerprint density at radius 1 is 1.50 bits per heavy atom. The fourth-order valence-corrected chi connectivity index (χ4v) is 1.78. The van der Waals surface area contributed by atoms with Crippen molar-refractivity contribution in [3.63, 3.8) is 0 Å². The summed E-state index contributed by atoms with van der Waals surface area (Å²) in [6.45, 7) is 4.31. The fraction of sp³-hybridized carbons (Fsp3) is 0.667. The van der Waals surface area contributed by atoms with E-state index >= 15 is 0 Å². The minimum Gasteiger partial charge on any atom is -0.142 e. The molecule has 0 atom stereocenters. The van der Waals surface area contributed by atoms with Crippen LogP contribution >= 0.6 is 24.0 Å². The van der Waals surface area contributed by atoms with E-state index in [1.54, 1.807) is 0 Å². The first-order valence-corrected chi connectivity index (χ1v) is 4.40. The third kappa shape index (κ3) is 2.19. The van der Waals surface area contributed by atoms with Crippen molar-refractivity contribution in [3.05, 3.63) is 5.01 Å². The number of aromatic nitrogens is 2. The summed E-state index contributed by atoms with van der Waals surface area (Å²) in [6.07, 6.45) is 0.994. The Bertz CT molecular complexity index is 207. The van der Waals surface area contributed by atoms with E-state index in [2.05, 4.69) is 24.0 Å². The lowest BCUT2D eigenvalue weighted by Crippen LogP contribution is -1.92. The summed E-state index contributed by atoms with van der Waals surface area (Å²) in [5.41, 5.74) is 0. The largest absolute Gasteiger partial charge is 0.204 e. The van der Waals surface area contributed by atoms with Crippen LogP contribution in [-0.2, 0) is 6.42 Å². The fourth-order valence-electron chi connectivity index (χ4n) is 0.670. The average molecular weight is 173 g/mol. The summed E-state index contributed by atoms with van der Waals surface area (Å²) in [5.74, 6) is 0.641.